The normalized spacial score (nSPS) is 13.4. The molecule has 0 amide bonds. The molecule has 0 fully saturated rings. The average molecular weight is 295 g/mol. The summed E-state index contributed by atoms with van der Waals surface area (Å²) < 4.78 is 15.9. The van der Waals surface area contributed by atoms with E-state index in [1.165, 1.54) is 7.11 Å². The molecule has 0 spiro atoms. The Morgan fingerprint density at radius 2 is 2.00 bits per heavy atom. The molecule has 0 saturated carbocycles. The molecule has 1 N–H and O–H groups in total. The third-order valence-corrected chi connectivity index (χ3v) is 3.38. The van der Waals surface area contributed by atoms with Gasteiger partial charge in [0.25, 0.3) is 0 Å². The van der Waals surface area contributed by atoms with E-state index in [2.05, 4.69) is 5.32 Å². The van der Waals surface area contributed by atoms with Crippen molar-refractivity contribution in [3.05, 3.63) is 23.8 Å². The van der Waals surface area contributed by atoms with Crippen LogP contribution in [0.2, 0.25) is 0 Å². The lowest BCUT2D eigenvalue weighted by Gasteiger charge is -2.27. The van der Waals surface area contributed by atoms with E-state index in [0.29, 0.717) is 31.1 Å². The predicted octanol–water partition coefficient (Wildman–Crippen LogP) is 2.31. The Kier molecular flexibility index (Phi) is 6.49. The number of nitrogens with one attached hydrogen (secondary N) is 1. The number of methoxy groups -OCH3 is 2. The second-order valence-electron chi connectivity index (χ2n) is 5.11. The van der Waals surface area contributed by atoms with Gasteiger partial charge in [-0.1, -0.05) is 13.0 Å². The maximum atomic E-state index is 11.9. The summed E-state index contributed by atoms with van der Waals surface area (Å²) in [4.78, 5) is 11.9. The van der Waals surface area contributed by atoms with Crippen molar-refractivity contribution in [2.24, 2.45) is 0 Å². The number of benzene rings is 1. The van der Waals surface area contributed by atoms with Crippen molar-refractivity contribution in [2.45, 2.75) is 32.7 Å². The molecule has 0 aliphatic carbocycles. The molecule has 0 saturated heterocycles. The number of aryl methyl sites for hydroxylation is 1. The molecule has 0 aromatic heterocycles. The lowest BCUT2D eigenvalue weighted by Crippen LogP contribution is -2.51. The third-order valence-electron chi connectivity index (χ3n) is 3.38. The fourth-order valence-electron chi connectivity index (χ4n) is 2.14. The zero-order chi connectivity index (χ0) is 15.9. The number of carbonyl (C=O) groups is 1. The monoisotopic (exact) mass is 295 g/mol. The van der Waals surface area contributed by atoms with Gasteiger partial charge in [-0.2, -0.15) is 0 Å². The standard InChI is InChI=1S/C16H25NO4/c1-6-17-16(3,15(18)20-5)9-10-21-13-8-7-12(2)11-14(13)19-4/h7-8,11,17H,6,9-10H2,1-5H3. The van der Waals surface area contributed by atoms with E-state index < -0.39 is 5.54 Å². The molecule has 21 heavy (non-hydrogen) atoms. The van der Waals surface area contributed by atoms with E-state index in [1.807, 2.05) is 39.0 Å². The summed E-state index contributed by atoms with van der Waals surface area (Å²) in [5, 5.41) is 3.15. The predicted molar refractivity (Wildman–Crippen MR) is 81.9 cm³/mol. The number of hydrogen-bond acceptors (Lipinski definition) is 5. The minimum absolute atomic E-state index is 0.288. The van der Waals surface area contributed by atoms with Crippen LogP contribution < -0.4 is 14.8 Å². The van der Waals surface area contributed by atoms with Crippen LogP contribution in [0.5, 0.6) is 11.5 Å². The molecular weight excluding hydrogens is 270 g/mol. The van der Waals surface area contributed by atoms with Gasteiger partial charge in [0, 0.05) is 6.42 Å². The first-order chi connectivity index (χ1) is 9.96. The number of likely N-dealkylation sites (N-methyl/N-ethyl adjacent to an activating group) is 1. The number of ether oxygens (including phenoxy) is 3. The first-order valence-electron chi connectivity index (χ1n) is 7.07. The Labute approximate surface area is 126 Å². The van der Waals surface area contributed by atoms with Crippen LogP contribution in [0.25, 0.3) is 0 Å². The van der Waals surface area contributed by atoms with Crippen molar-refractivity contribution >= 4 is 5.97 Å². The third kappa shape index (κ3) is 4.63. The maximum Gasteiger partial charge on any atom is 0.325 e. The number of rotatable bonds is 8. The largest absolute Gasteiger partial charge is 0.493 e. The van der Waals surface area contributed by atoms with Gasteiger partial charge in [-0.05, 0) is 38.1 Å². The molecule has 0 heterocycles. The van der Waals surface area contributed by atoms with Crippen molar-refractivity contribution < 1.29 is 19.0 Å². The fourth-order valence-corrected chi connectivity index (χ4v) is 2.14. The van der Waals surface area contributed by atoms with Gasteiger partial charge in [0.05, 0.1) is 20.8 Å². The Bertz CT molecular complexity index is 475. The molecule has 118 valence electrons. The summed E-state index contributed by atoms with van der Waals surface area (Å²) in [5.74, 6) is 1.08. The van der Waals surface area contributed by atoms with Gasteiger partial charge < -0.3 is 19.5 Å². The highest BCUT2D eigenvalue weighted by molar-refractivity contribution is 5.80. The van der Waals surface area contributed by atoms with Gasteiger partial charge in [0.15, 0.2) is 11.5 Å². The van der Waals surface area contributed by atoms with Crippen molar-refractivity contribution in [3.63, 3.8) is 0 Å². The Balaban J connectivity index is 2.68. The lowest BCUT2D eigenvalue weighted by molar-refractivity contribution is -0.148. The topological polar surface area (TPSA) is 56.8 Å². The van der Waals surface area contributed by atoms with Crippen molar-refractivity contribution in [3.8, 4) is 11.5 Å². The molecule has 5 heteroatoms. The van der Waals surface area contributed by atoms with Gasteiger partial charge in [0.1, 0.15) is 5.54 Å². The van der Waals surface area contributed by atoms with Crippen LogP contribution in [0.1, 0.15) is 25.8 Å². The van der Waals surface area contributed by atoms with Crippen LogP contribution in [0.4, 0.5) is 0 Å². The molecule has 5 nitrogen and oxygen atoms in total. The van der Waals surface area contributed by atoms with E-state index in [0.717, 1.165) is 5.56 Å². The molecule has 0 aliphatic heterocycles. The second-order valence-corrected chi connectivity index (χ2v) is 5.11. The van der Waals surface area contributed by atoms with Crippen LogP contribution in [0, 0.1) is 6.92 Å². The van der Waals surface area contributed by atoms with Gasteiger partial charge in [-0.15, -0.1) is 0 Å². The molecular formula is C16H25NO4. The summed E-state index contributed by atoms with van der Waals surface area (Å²) in [6.45, 7) is 6.83. The molecule has 0 bridgehead atoms. The van der Waals surface area contributed by atoms with Crippen molar-refractivity contribution in [1.82, 2.24) is 5.32 Å². The molecule has 1 aromatic rings. The van der Waals surface area contributed by atoms with E-state index in [9.17, 15) is 4.79 Å². The zero-order valence-electron chi connectivity index (χ0n) is 13.5. The Morgan fingerprint density at radius 3 is 2.57 bits per heavy atom. The van der Waals surface area contributed by atoms with Gasteiger partial charge in [0.2, 0.25) is 0 Å². The molecule has 0 aliphatic rings. The molecule has 1 unspecified atom stereocenters. The SMILES string of the molecule is CCNC(C)(CCOc1ccc(C)cc1OC)C(=O)OC. The highest BCUT2D eigenvalue weighted by Gasteiger charge is 2.33. The smallest absolute Gasteiger partial charge is 0.325 e. The maximum absolute atomic E-state index is 11.9. The van der Waals surface area contributed by atoms with Crippen LogP contribution in [0.3, 0.4) is 0 Å². The quantitative estimate of drug-likeness (QED) is 0.746. The van der Waals surface area contributed by atoms with Gasteiger partial charge in [-0.25, -0.2) is 0 Å². The van der Waals surface area contributed by atoms with Crippen LogP contribution >= 0.6 is 0 Å². The van der Waals surface area contributed by atoms with E-state index in [4.69, 9.17) is 14.2 Å². The summed E-state index contributed by atoms with van der Waals surface area (Å²) in [5.41, 5.74) is 0.354. The average Bonchev–Trinajstić information content (AvgIpc) is 2.48. The van der Waals surface area contributed by atoms with E-state index >= 15 is 0 Å². The minimum Gasteiger partial charge on any atom is -0.493 e. The lowest BCUT2D eigenvalue weighted by atomic mass is 9.98. The molecule has 0 radical (unpaired) electrons. The first-order valence-corrected chi connectivity index (χ1v) is 7.07. The zero-order valence-corrected chi connectivity index (χ0v) is 13.5. The summed E-state index contributed by atoms with van der Waals surface area (Å²) in [6, 6.07) is 5.75. The van der Waals surface area contributed by atoms with E-state index in [1.54, 1.807) is 7.11 Å². The molecule has 1 aromatic carbocycles. The second kappa shape index (κ2) is 7.88. The van der Waals surface area contributed by atoms with Crippen LogP contribution in [0.15, 0.2) is 18.2 Å². The summed E-state index contributed by atoms with van der Waals surface area (Å²) >= 11 is 0. The Hall–Kier alpha value is -1.75. The van der Waals surface area contributed by atoms with E-state index in [-0.39, 0.29) is 5.97 Å². The van der Waals surface area contributed by atoms with Crippen LogP contribution in [-0.2, 0) is 9.53 Å². The highest BCUT2D eigenvalue weighted by Crippen LogP contribution is 2.28. The fraction of sp³-hybridized carbons (Fsp3) is 0.562. The van der Waals surface area contributed by atoms with Gasteiger partial charge in [-0.3, -0.25) is 4.79 Å². The number of hydrogen-bond donors (Lipinski definition) is 1. The minimum atomic E-state index is -0.749. The molecule has 1 atom stereocenters. The summed E-state index contributed by atoms with van der Waals surface area (Å²) in [6.07, 6.45) is 0.505. The number of esters is 1. The highest BCUT2D eigenvalue weighted by atomic mass is 16.5. The van der Waals surface area contributed by atoms with Crippen LogP contribution in [-0.4, -0.2) is 38.9 Å². The Morgan fingerprint density at radius 1 is 1.29 bits per heavy atom. The summed E-state index contributed by atoms with van der Waals surface area (Å²) in [7, 11) is 3.00. The van der Waals surface area contributed by atoms with Crippen molar-refractivity contribution in [2.75, 3.05) is 27.4 Å². The van der Waals surface area contributed by atoms with Crippen molar-refractivity contribution in [1.29, 1.82) is 0 Å². The number of carbonyl (C=O) groups excluding carboxylic acids is 1. The van der Waals surface area contributed by atoms with Gasteiger partial charge >= 0.3 is 5.97 Å². The molecule has 1 rings (SSSR count). The first kappa shape index (κ1) is 17.3.